The molecule has 0 spiro atoms. The Morgan fingerprint density at radius 3 is 2.57 bits per heavy atom. The molecule has 2 aromatic carbocycles. The van der Waals surface area contributed by atoms with Crippen molar-refractivity contribution in [2.45, 2.75) is 19.4 Å². The first-order valence-electron chi connectivity index (χ1n) is 9.45. The molecule has 158 valence electrons. The predicted molar refractivity (Wildman–Crippen MR) is 109 cm³/mol. The standard InChI is InChI=1S/C21H20F2N4O2.ClH/c22-16-2-1-3-17(23)19(16)21-26-18(27-29-21)12-25-20(28)15-6-4-13(5-7-15)10-14-8-9-24-11-14;/h1-7,14,24H,8-12H2,(H,25,28);1H. The summed E-state index contributed by atoms with van der Waals surface area (Å²) < 4.78 is 32.5. The number of halogens is 3. The van der Waals surface area contributed by atoms with Crippen LogP contribution in [0.3, 0.4) is 0 Å². The molecule has 0 bridgehead atoms. The summed E-state index contributed by atoms with van der Waals surface area (Å²) in [5.41, 5.74) is 1.33. The summed E-state index contributed by atoms with van der Waals surface area (Å²) in [6, 6.07) is 10.9. The van der Waals surface area contributed by atoms with E-state index in [4.69, 9.17) is 4.52 Å². The number of amides is 1. The summed E-state index contributed by atoms with van der Waals surface area (Å²) in [4.78, 5) is 16.3. The molecular formula is C21H21ClF2N4O2. The van der Waals surface area contributed by atoms with Crippen molar-refractivity contribution in [3.8, 4) is 11.5 Å². The summed E-state index contributed by atoms with van der Waals surface area (Å²) in [5, 5.41) is 9.70. The molecule has 4 rings (SSSR count). The van der Waals surface area contributed by atoms with Crippen molar-refractivity contribution in [2.75, 3.05) is 13.1 Å². The molecule has 0 saturated carbocycles. The van der Waals surface area contributed by atoms with Crippen LogP contribution in [-0.4, -0.2) is 29.1 Å². The van der Waals surface area contributed by atoms with Crippen LogP contribution >= 0.6 is 12.4 Å². The minimum Gasteiger partial charge on any atom is -0.345 e. The quantitative estimate of drug-likeness (QED) is 0.620. The molecule has 1 unspecified atom stereocenters. The molecular weight excluding hydrogens is 414 g/mol. The van der Waals surface area contributed by atoms with Crippen LogP contribution in [0.15, 0.2) is 47.0 Å². The van der Waals surface area contributed by atoms with E-state index in [0.717, 1.165) is 31.6 Å². The summed E-state index contributed by atoms with van der Waals surface area (Å²) in [5.74, 6) is -1.38. The van der Waals surface area contributed by atoms with E-state index in [9.17, 15) is 13.6 Å². The number of hydrogen-bond donors (Lipinski definition) is 2. The van der Waals surface area contributed by atoms with Crippen molar-refractivity contribution in [1.29, 1.82) is 0 Å². The van der Waals surface area contributed by atoms with E-state index < -0.39 is 11.6 Å². The molecule has 6 nitrogen and oxygen atoms in total. The number of nitrogens with zero attached hydrogens (tertiary/aromatic N) is 2. The van der Waals surface area contributed by atoms with Gasteiger partial charge in [-0.1, -0.05) is 23.4 Å². The number of carbonyl (C=O) groups excluding carboxylic acids is 1. The lowest BCUT2D eigenvalue weighted by Crippen LogP contribution is -2.23. The van der Waals surface area contributed by atoms with E-state index in [0.29, 0.717) is 11.5 Å². The van der Waals surface area contributed by atoms with E-state index >= 15 is 0 Å². The third-order valence-corrected chi connectivity index (χ3v) is 4.95. The van der Waals surface area contributed by atoms with Gasteiger partial charge in [0.05, 0.1) is 6.54 Å². The second kappa shape index (κ2) is 9.77. The fourth-order valence-corrected chi connectivity index (χ4v) is 3.41. The smallest absolute Gasteiger partial charge is 0.263 e. The van der Waals surface area contributed by atoms with Gasteiger partial charge in [0.2, 0.25) is 0 Å². The number of carbonyl (C=O) groups is 1. The maximum atomic E-state index is 13.8. The number of aromatic nitrogens is 2. The van der Waals surface area contributed by atoms with Gasteiger partial charge in [-0.15, -0.1) is 12.4 Å². The average molecular weight is 435 g/mol. The van der Waals surface area contributed by atoms with Crippen LogP contribution in [0.1, 0.15) is 28.2 Å². The van der Waals surface area contributed by atoms with E-state index in [1.807, 2.05) is 12.1 Å². The summed E-state index contributed by atoms with van der Waals surface area (Å²) >= 11 is 0. The van der Waals surface area contributed by atoms with Gasteiger partial charge >= 0.3 is 0 Å². The van der Waals surface area contributed by atoms with E-state index in [1.54, 1.807) is 12.1 Å². The van der Waals surface area contributed by atoms with Gasteiger partial charge < -0.3 is 15.2 Å². The van der Waals surface area contributed by atoms with E-state index in [2.05, 4.69) is 20.8 Å². The van der Waals surface area contributed by atoms with Crippen LogP contribution in [0.5, 0.6) is 0 Å². The van der Waals surface area contributed by atoms with Crippen molar-refractivity contribution in [1.82, 2.24) is 20.8 Å². The van der Waals surface area contributed by atoms with Crippen LogP contribution in [0.2, 0.25) is 0 Å². The van der Waals surface area contributed by atoms with Gasteiger partial charge in [-0.25, -0.2) is 8.78 Å². The van der Waals surface area contributed by atoms with Crippen molar-refractivity contribution >= 4 is 18.3 Å². The molecule has 1 saturated heterocycles. The molecule has 9 heteroatoms. The minimum absolute atomic E-state index is 0. The first kappa shape index (κ1) is 21.9. The largest absolute Gasteiger partial charge is 0.345 e. The minimum atomic E-state index is -0.794. The van der Waals surface area contributed by atoms with Crippen molar-refractivity contribution < 1.29 is 18.1 Å². The lowest BCUT2D eigenvalue weighted by molar-refractivity contribution is 0.0949. The Kier molecular flexibility index (Phi) is 7.12. The van der Waals surface area contributed by atoms with Crippen molar-refractivity contribution in [3.63, 3.8) is 0 Å². The van der Waals surface area contributed by atoms with Crippen molar-refractivity contribution in [3.05, 3.63) is 71.1 Å². The number of rotatable bonds is 6. The van der Waals surface area contributed by atoms with Crippen LogP contribution in [0.4, 0.5) is 8.78 Å². The molecule has 1 aromatic heterocycles. The third-order valence-electron chi connectivity index (χ3n) is 4.95. The zero-order valence-corrected chi connectivity index (χ0v) is 16.8. The van der Waals surface area contributed by atoms with E-state index in [1.165, 1.54) is 18.1 Å². The van der Waals surface area contributed by atoms with Crippen LogP contribution in [0, 0.1) is 17.6 Å². The maximum Gasteiger partial charge on any atom is 0.263 e. The first-order valence-corrected chi connectivity index (χ1v) is 9.45. The molecule has 0 radical (unpaired) electrons. The van der Waals surface area contributed by atoms with Gasteiger partial charge in [-0.2, -0.15) is 4.98 Å². The van der Waals surface area contributed by atoms with Gasteiger partial charge in [-0.3, -0.25) is 4.79 Å². The maximum absolute atomic E-state index is 13.8. The van der Waals surface area contributed by atoms with Crippen molar-refractivity contribution in [2.24, 2.45) is 5.92 Å². The predicted octanol–water partition coefficient (Wildman–Crippen LogP) is 3.52. The molecule has 30 heavy (non-hydrogen) atoms. The lowest BCUT2D eigenvalue weighted by atomic mass is 9.98. The highest BCUT2D eigenvalue weighted by Gasteiger charge is 2.18. The Labute approximate surface area is 178 Å². The second-order valence-corrected chi connectivity index (χ2v) is 7.05. The highest BCUT2D eigenvalue weighted by atomic mass is 35.5. The Morgan fingerprint density at radius 2 is 1.90 bits per heavy atom. The highest BCUT2D eigenvalue weighted by Crippen LogP contribution is 2.24. The van der Waals surface area contributed by atoms with Crippen LogP contribution in [0.25, 0.3) is 11.5 Å². The van der Waals surface area contributed by atoms with Crippen LogP contribution < -0.4 is 10.6 Å². The molecule has 1 amide bonds. The molecule has 2 heterocycles. The topological polar surface area (TPSA) is 80.1 Å². The van der Waals surface area contributed by atoms with Gasteiger partial charge in [0.15, 0.2) is 5.82 Å². The normalized spacial score (nSPS) is 15.6. The molecule has 2 N–H and O–H groups in total. The van der Waals surface area contributed by atoms with Gasteiger partial charge in [0.25, 0.3) is 11.8 Å². The molecule has 1 aliphatic heterocycles. The van der Waals surface area contributed by atoms with Crippen LogP contribution in [-0.2, 0) is 13.0 Å². The number of hydrogen-bond acceptors (Lipinski definition) is 5. The zero-order valence-electron chi connectivity index (χ0n) is 16.0. The van der Waals surface area contributed by atoms with Gasteiger partial charge in [0, 0.05) is 5.56 Å². The zero-order chi connectivity index (χ0) is 20.2. The molecule has 0 aliphatic carbocycles. The summed E-state index contributed by atoms with van der Waals surface area (Å²) in [6.07, 6.45) is 2.17. The monoisotopic (exact) mass is 434 g/mol. The average Bonchev–Trinajstić information content (AvgIpc) is 3.39. The Bertz CT molecular complexity index is 984. The first-order chi connectivity index (χ1) is 14.1. The fourth-order valence-electron chi connectivity index (χ4n) is 3.41. The summed E-state index contributed by atoms with van der Waals surface area (Å²) in [6.45, 7) is 2.08. The Hall–Kier alpha value is -2.84. The SMILES string of the molecule is Cl.O=C(NCc1noc(-c2c(F)cccc2F)n1)c1ccc(CC2CCNC2)cc1. The second-order valence-electron chi connectivity index (χ2n) is 7.05. The third kappa shape index (κ3) is 5.01. The van der Waals surface area contributed by atoms with Gasteiger partial charge in [-0.05, 0) is 61.7 Å². The Balaban J connectivity index is 0.00000256. The fraction of sp³-hybridized carbons (Fsp3) is 0.286. The molecule has 1 atom stereocenters. The Morgan fingerprint density at radius 1 is 1.17 bits per heavy atom. The highest BCUT2D eigenvalue weighted by molar-refractivity contribution is 5.94. The molecule has 1 fully saturated rings. The summed E-state index contributed by atoms with van der Waals surface area (Å²) in [7, 11) is 0. The number of nitrogens with one attached hydrogen (secondary N) is 2. The lowest BCUT2D eigenvalue weighted by Gasteiger charge is -2.09. The molecule has 3 aromatic rings. The van der Waals surface area contributed by atoms with Gasteiger partial charge in [0.1, 0.15) is 17.2 Å². The van der Waals surface area contributed by atoms with E-state index in [-0.39, 0.29) is 42.1 Å². The number of benzene rings is 2. The molecule has 1 aliphatic rings.